The molecule has 9 atom stereocenters. The highest BCUT2D eigenvalue weighted by molar-refractivity contribution is 6.03. The van der Waals surface area contributed by atoms with Crippen LogP contribution in [0.5, 0.6) is 0 Å². The van der Waals surface area contributed by atoms with Crippen LogP contribution in [0.15, 0.2) is 23.4 Å². The van der Waals surface area contributed by atoms with Crippen molar-refractivity contribution >= 4 is 17.5 Å². The molecule has 0 unspecified atom stereocenters. The Bertz CT molecular complexity index is 1170. The highest BCUT2D eigenvalue weighted by Gasteiger charge is 2.71. The third-order valence-corrected chi connectivity index (χ3v) is 12.6. The van der Waals surface area contributed by atoms with Crippen molar-refractivity contribution in [3.63, 3.8) is 0 Å². The van der Waals surface area contributed by atoms with Gasteiger partial charge in [0.2, 0.25) is 5.70 Å². The van der Waals surface area contributed by atoms with Crippen LogP contribution in [0.1, 0.15) is 87.0 Å². The highest BCUT2D eigenvalue weighted by Crippen LogP contribution is 2.74. The molecule has 3 fully saturated rings. The number of ketones is 2. The average molecular weight is 492 g/mol. The van der Waals surface area contributed by atoms with Crippen LogP contribution >= 0.6 is 0 Å². The van der Waals surface area contributed by atoms with E-state index < -0.39 is 22.2 Å². The zero-order valence-electron chi connectivity index (χ0n) is 22.9. The predicted octanol–water partition coefficient (Wildman–Crippen LogP) is 6.50. The van der Waals surface area contributed by atoms with Crippen LogP contribution in [-0.4, -0.2) is 22.6 Å². The molecule has 5 heteroatoms. The van der Waals surface area contributed by atoms with Crippen molar-refractivity contribution in [1.29, 1.82) is 0 Å². The Hall–Kier alpha value is -2.22. The molecule has 0 aromatic carbocycles. The van der Waals surface area contributed by atoms with Gasteiger partial charge in [-0.1, -0.05) is 60.1 Å². The molecule has 0 saturated heterocycles. The molecule has 1 N–H and O–H groups in total. The van der Waals surface area contributed by atoms with Crippen LogP contribution in [0.3, 0.4) is 0 Å². The summed E-state index contributed by atoms with van der Waals surface area (Å²) in [6.07, 6.45) is 8.31. The molecule has 0 bridgehead atoms. The van der Waals surface area contributed by atoms with Crippen LogP contribution in [-0.2, 0) is 14.4 Å². The fraction of sp³-hybridized carbons (Fsp3) is 0.742. The Kier molecular flexibility index (Phi) is 5.24. The quantitative estimate of drug-likeness (QED) is 0.425. The number of hydrogen-bond acceptors (Lipinski definition) is 3. The number of Topliss-reactive ketones (excluding diaryl/α,β-unsaturated/α-hetero) is 1. The standard InChI is InChI=1S/C31H41NO4/c1-17-9-12-31(26(35)36)14-13-30(7)24(23(31)18(17)2)20(33)15-22-28(5)16-19(32-8)25(34)27(3,4)21(28)10-11-29(22,30)6/h15-18,21,23-24H,9-14H2,1-7H3,(H,35,36)/t17-,18+,21+,23+,24-,28+,29-,30-,31+/m1/s1. The third-order valence-electron chi connectivity index (χ3n) is 12.6. The SMILES string of the molecule is [C-]#[N+]C1=C[C@]2(C)C3=CC(=O)[C@@H]4[C@@H]5[C@@H](C)[C@H](C)CC[C@]5(C(=O)O)CC[C@@]4(C)[C@]3(C)CC[C@H]2C(C)(C)C1=O. The van der Waals surface area contributed by atoms with Crippen molar-refractivity contribution < 1.29 is 19.5 Å². The lowest BCUT2D eigenvalue weighted by molar-refractivity contribution is -0.193. The van der Waals surface area contributed by atoms with E-state index in [1.807, 2.05) is 26.0 Å². The summed E-state index contributed by atoms with van der Waals surface area (Å²) in [7, 11) is 0. The number of carboxylic acid groups (broad SMARTS) is 1. The molecule has 5 aliphatic carbocycles. The minimum atomic E-state index is -0.828. The number of allylic oxidation sites excluding steroid dienone is 4. The summed E-state index contributed by atoms with van der Waals surface area (Å²) in [6.45, 7) is 22.7. The number of fused-ring (bicyclic) bond motifs is 7. The van der Waals surface area contributed by atoms with Gasteiger partial charge in [0, 0.05) is 16.7 Å². The van der Waals surface area contributed by atoms with Crippen LogP contribution in [0.4, 0.5) is 0 Å². The highest BCUT2D eigenvalue weighted by atomic mass is 16.4. The van der Waals surface area contributed by atoms with Gasteiger partial charge in [-0.2, -0.15) is 0 Å². The fourth-order valence-electron chi connectivity index (χ4n) is 10.2. The predicted molar refractivity (Wildman–Crippen MR) is 137 cm³/mol. The molecule has 36 heavy (non-hydrogen) atoms. The monoisotopic (exact) mass is 491 g/mol. The Morgan fingerprint density at radius 3 is 2.31 bits per heavy atom. The van der Waals surface area contributed by atoms with Gasteiger partial charge in [-0.05, 0) is 79.1 Å². The molecule has 0 heterocycles. The van der Waals surface area contributed by atoms with Gasteiger partial charge in [0.25, 0.3) is 0 Å². The van der Waals surface area contributed by atoms with Crippen LogP contribution in [0, 0.1) is 63.2 Å². The largest absolute Gasteiger partial charge is 0.481 e. The van der Waals surface area contributed by atoms with Crippen LogP contribution in [0.2, 0.25) is 0 Å². The van der Waals surface area contributed by atoms with Gasteiger partial charge < -0.3 is 9.90 Å². The molecular weight excluding hydrogens is 450 g/mol. The minimum absolute atomic E-state index is 0.0191. The van der Waals surface area contributed by atoms with E-state index in [1.54, 1.807) is 0 Å². The minimum Gasteiger partial charge on any atom is -0.481 e. The first-order valence-electron chi connectivity index (χ1n) is 13.8. The number of nitrogens with zero attached hydrogens (tertiary/aromatic N) is 1. The topological polar surface area (TPSA) is 75.8 Å². The number of carboxylic acids is 1. The van der Waals surface area contributed by atoms with Gasteiger partial charge >= 0.3 is 5.97 Å². The van der Waals surface area contributed by atoms with Gasteiger partial charge in [0.1, 0.15) is 0 Å². The van der Waals surface area contributed by atoms with Crippen molar-refractivity contribution in [1.82, 2.24) is 0 Å². The first-order valence-corrected chi connectivity index (χ1v) is 13.8. The van der Waals surface area contributed by atoms with Gasteiger partial charge in [0.15, 0.2) is 11.6 Å². The average Bonchev–Trinajstić information content (AvgIpc) is 2.80. The van der Waals surface area contributed by atoms with E-state index in [-0.39, 0.29) is 51.8 Å². The molecule has 0 spiro atoms. The first-order chi connectivity index (χ1) is 16.6. The maximum absolute atomic E-state index is 14.3. The molecule has 0 aromatic rings. The first kappa shape index (κ1) is 25.4. The van der Waals surface area contributed by atoms with Crippen molar-refractivity contribution in [3.8, 4) is 0 Å². The lowest BCUT2D eigenvalue weighted by atomic mass is 9.34. The van der Waals surface area contributed by atoms with E-state index in [0.29, 0.717) is 25.2 Å². The summed E-state index contributed by atoms with van der Waals surface area (Å²) in [4.78, 5) is 43.9. The van der Waals surface area contributed by atoms with Crippen molar-refractivity contribution in [2.24, 2.45) is 56.7 Å². The Balaban J connectivity index is 1.72. The summed E-state index contributed by atoms with van der Waals surface area (Å²) >= 11 is 0. The summed E-state index contributed by atoms with van der Waals surface area (Å²) in [5, 5.41) is 10.5. The molecule has 5 rings (SSSR count). The van der Waals surface area contributed by atoms with Gasteiger partial charge in [-0.3, -0.25) is 9.59 Å². The number of carbonyl (C=O) groups excluding carboxylic acids is 2. The third kappa shape index (κ3) is 2.74. The molecule has 0 aliphatic heterocycles. The summed E-state index contributed by atoms with van der Waals surface area (Å²) in [6, 6.07) is 0. The Labute approximate surface area is 215 Å². The maximum atomic E-state index is 14.3. The number of rotatable bonds is 1. The zero-order chi connectivity index (χ0) is 26.6. The Morgan fingerprint density at radius 1 is 1.03 bits per heavy atom. The van der Waals surface area contributed by atoms with Gasteiger partial charge in [0.05, 0.1) is 12.0 Å². The molecular formula is C31H41NO4. The summed E-state index contributed by atoms with van der Waals surface area (Å²) in [5.41, 5.74) is -1.48. The second kappa shape index (κ2) is 7.42. The molecule has 0 aromatic heterocycles. The van der Waals surface area contributed by atoms with E-state index in [1.165, 1.54) is 0 Å². The van der Waals surface area contributed by atoms with Crippen molar-refractivity contribution in [2.45, 2.75) is 87.0 Å². The van der Waals surface area contributed by atoms with Crippen molar-refractivity contribution in [3.05, 3.63) is 34.8 Å². The molecule has 5 nitrogen and oxygen atoms in total. The van der Waals surface area contributed by atoms with Crippen molar-refractivity contribution in [2.75, 3.05) is 0 Å². The molecule has 3 saturated carbocycles. The Morgan fingerprint density at radius 2 is 1.69 bits per heavy atom. The molecule has 0 amide bonds. The van der Waals surface area contributed by atoms with Crippen LogP contribution < -0.4 is 0 Å². The molecule has 0 radical (unpaired) electrons. The lowest BCUT2D eigenvalue weighted by Gasteiger charge is -2.69. The van der Waals surface area contributed by atoms with E-state index in [2.05, 4.69) is 39.5 Å². The fourth-order valence-corrected chi connectivity index (χ4v) is 10.2. The second-order valence-corrected chi connectivity index (χ2v) is 14.1. The number of hydrogen-bond donors (Lipinski definition) is 1. The van der Waals surface area contributed by atoms with E-state index >= 15 is 0 Å². The summed E-state index contributed by atoms with van der Waals surface area (Å²) < 4.78 is 0. The second-order valence-electron chi connectivity index (χ2n) is 14.1. The normalized spacial score (nSPS) is 49.3. The van der Waals surface area contributed by atoms with Gasteiger partial charge in [-0.25, -0.2) is 4.85 Å². The zero-order valence-corrected chi connectivity index (χ0v) is 22.9. The van der Waals surface area contributed by atoms with Crippen LogP contribution in [0.25, 0.3) is 4.85 Å². The van der Waals surface area contributed by atoms with E-state index in [9.17, 15) is 19.5 Å². The van der Waals surface area contributed by atoms with E-state index in [4.69, 9.17) is 6.57 Å². The molecule has 5 aliphatic rings. The van der Waals surface area contributed by atoms with E-state index in [0.717, 1.165) is 24.8 Å². The number of carbonyl (C=O) groups is 3. The summed E-state index contributed by atoms with van der Waals surface area (Å²) in [5.74, 6) is -0.688. The van der Waals surface area contributed by atoms with Gasteiger partial charge in [-0.15, -0.1) is 0 Å². The smallest absolute Gasteiger partial charge is 0.309 e. The number of aliphatic carboxylic acids is 1. The maximum Gasteiger partial charge on any atom is 0.309 e. The lowest BCUT2D eigenvalue weighted by Crippen LogP contribution is -2.66. The molecule has 194 valence electrons.